The highest BCUT2D eigenvalue weighted by Crippen LogP contribution is 2.49. The lowest BCUT2D eigenvalue weighted by Gasteiger charge is -2.23. The summed E-state index contributed by atoms with van der Waals surface area (Å²) in [5.74, 6) is 1.11. The van der Waals surface area contributed by atoms with E-state index in [1.807, 2.05) is 0 Å². The van der Waals surface area contributed by atoms with E-state index in [-0.39, 0.29) is 10.8 Å². The molecule has 0 saturated carbocycles. The van der Waals surface area contributed by atoms with E-state index in [0.717, 1.165) is 0 Å². The molecule has 2 aliphatic rings. The fraction of sp³-hybridized carbons (Fsp3) is 0.500. The highest BCUT2D eigenvalue weighted by molar-refractivity contribution is 5.79. The molecule has 4 rings (SSSR count). The minimum atomic E-state index is 0.177. The van der Waals surface area contributed by atoms with E-state index >= 15 is 0 Å². The molecule has 0 nitrogen and oxygen atoms in total. The molecule has 0 aliphatic heterocycles. The summed E-state index contributed by atoms with van der Waals surface area (Å²) in [5.41, 5.74) is 10.8. The first kappa shape index (κ1) is 23.1. The summed E-state index contributed by atoms with van der Waals surface area (Å²) >= 11 is 0. The van der Waals surface area contributed by atoms with Crippen molar-refractivity contribution in [2.45, 2.75) is 97.3 Å². The van der Waals surface area contributed by atoms with Crippen LogP contribution in [0.2, 0.25) is 0 Å². The summed E-state index contributed by atoms with van der Waals surface area (Å²) in [6.07, 6.45) is 13.6. The molecule has 2 aromatic carbocycles. The second kappa shape index (κ2) is 8.69. The van der Waals surface area contributed by atoms with Gasteiger partial charge in [-0.05, 0) is 75.8 Å². The van der Waals surface area contributed by atoms with Crippen LogP contribution in [0.25, 0.3) is 11.1 Å². The number of hydrogen-bond donors (Lipinski definition) is 0. The first-order valence-corrected chi connectivity index (χ1v) is 12.8. The van der Waals surface area contributed by atoms with E-state index in [9.17, 15) is 0 Å². The molecule has 0 N–H and O–H groups in total. The van der Waals surface area contributed by atoms with Crippen molar-refractivity contribution in [3.05, 3.63) is 82.5 Å². The topological polar surface area (TPSA) is 0 Å². The number of benzene rings is 2. The summed E-state index contributed by atoms with van der Waals surface area (Å²) in [5, 5.41) is 0. The van der Waals surface area contributed by atoms with Crippen molar-refractivity contribution in [2.75, 3.05) is 0 Å². The van der Waals surface area contributed by atoms with Crippen LogP contribution >= 0.6 is 0 Å². The van der Waals surface area contributed by atoms with Gasteiger partial charge in [0.1, 0.15) is 0 Å². The van der Waals surface area contributed by atoms with Crippen molar-refractivity contribution < 1.29 is 0 Å². The van der Waals surface area contributed by atoms with Crippen molar-refractivity contribution in [3.8, 4) is 11.1 Å². The maximum atomic E-state index is 2.53. The third-order valence-corrected chi connectivity index (χ3v) is 7.47. The minimum Gasteiger partial charge on any atom is -0.0773 e. The second-order valence-electron chi connectivity index (χ2n) is 12.1. The average molecular weight is 427 g/mol. The normalized spacial score (nSPS) is 18.1. The highest BCUT2D eigenvalue weighted by atomic mass is 14.4. The SMILES string of the molecule is CCCCC1=CC(CCC2c3cc(C(C)(C)C)ccc3-c3ccc(C(C)(C)C)cc32)C=C1. The maximum Gasteiger partial charge on any atom is 0.0102 e. The molecular weight excluding hydrogens is 384 g/mol. The minimum absolute atomic E-state index is 0.177. The monoisotopic (exact) mass is 426 g/mol. The van der Waals surface area contributed by atoms with E-state index in [2.05, 4.69) is 103 Å². The molecule has 170 valence electrons. The molecule has 0 spiro atoms. The van der Waals surface area contributed by atoms with Gasteiger partial charge in [-0.2, -0.15) is 0 Å². The van der Waals surface area contributed by atoms with Gasteiger partial charge in [-0.1, -0.05) is 115 Å². The Morgan fingerprint density at radius 3 is 1.81 bits per heavy atom. The Balaban J connectivity index is 1.66. The molecule has 0 radical (unpaired) electrons. The zero-order chi connectivity index (χ0) is 23.1. The largest absolute Gasteiger partial charge is 0.0773 e. The molecule has 0 heteroatoms. The van der Waals surface area contributed by atoms with Crippen LogP contribution in [0.3, 0.4) is 0 Å². The third kappa shape index (κ3) is 4.66. The third-order valence-electron chi connectivity index (χ3n) is 7.47. The van der Waals surface area contributed by atoms with Gasteiger partial charge < -0.3 is 0 Å². The number of unbranched alkanes of at least 4 members (excludes halogenated alkanes) is 1. The Morgan fingerprint density at radius 1 is 0.750 bits per heavy atom. The summed E-state index contributed by atoms with van der Waals surface area (Å²) in [6.45, 7) is 16.3. The lowest BCUT2D eigenvalue weighted by Crippen LogP contribution is -2.12. The fourth-order valence-corrected chi connectivity index (χ4v) is 5.32. The van der Waals surface area contributed by atoms with Gasteiger partial charge >= 0.3 is 0 Å². The Morgan fingerprint density at radius 2 is 1.31 bits per heavy atom. The number of fused-ring (bicyclic) bond motifs is 3. The van der Waals surface area contributed by atoms with Gasteiger partial charge in [0, 0.05) is 5.92 Å². The molecule has 0 heterocycles. The van der Waals surface area contributed by atoms with Gasteiger partial charge in [-0.15, -0.1) is 0 Å². The Bertz CT molecular complexity index is 969. The van der Waals surface area contributed by atoms with Gasteiger partial charge in [-0.25, -0.2) is 0 Å². The van der Waals surface area contributed by atoms with E-state index in [4.69, 9.17) is 0 Å². The van der Waals surface area contributed by atoms with Gasteiger partial charge in [0.2, 0.25) is 0 Å². The van der Waals surface area contributed by atoms with E-state index in [1.165, 1.54) is 54.4 Å². The fourth-order valence-electron chi connectivity index (χ4n) is 5.32. The molecule has 32 heavy (non-hydrogen) atoms. The lowest BCUT2D eigenvalue weighted by molar-refractivity contribution is 0.580. The summed E-state index contributed by atoms with van der Waals surface area (Å²) in [6, 6.07) is 14.5. The first-order valence-electron chi connectivity index (χ1n) is 12.8. The van der Waals surface area contributed by atoms with Crippen LogP contribution in [0, 0.1) is 5.92 Å². The van der Waals surface area contributed by atoms with Crippen LogP contribution in [-0.2, 0) is 10.8 Å². The molecule has 1 unspecified atom stereocenters. The lowest BCUT2D eigenvalue weighted by atomic mass is 9.81. The predicted molar refractivity (Wildman–Crippen MR) is 141 cm³/mol. The van der Waals surface area contributed by atoms with E-state index in [1.54, 1.807) is 16.7 Å². The number of hydrogen-bond acceptors (Lipinski definition) is 0. The molecule has 2 aliphatic carbocycles. The van der Waals surface area contributed by atoms with Crippen LogP contribution in [0.5, 0.6) is 0 Å². The second-order valence-corrected chi connectivity index (χ2v) is 12.1. The maximum absolute atomic E-state index is 2.53. The van der Waals surface area contributed by atoms with Crippen molar-refractivity contribution in [3.63, 3.8) is 0 Å². The number of rotatable bonds is 6. The zero-order valence-corrected chi connectivity index (χ0v) is 21.4. The van der Waals surface area contributed by atoms with Gasteiger partial charge in [0.25, 0.3) is 0 Å². The molecular formula is C32H42. The van der Waals surface area contributed by atoms with Gasteiger partial charge in [0.05, 0.1) is 0 Å². The molecule has 0 saturated heterocycles. The van der Waals surface area contributed by atoms with Crippen LogP contribution in [0.15, 0.2) is 60.2 Å². The first-order chi connectivity index (χ1) is 15.1. The van der Waals surface area contributed by atoms with Crippen LogP contribution < -0.4 is 0 Å². The van der Waals surface area contributed by atoms with Crippen molar-refractivity contribution in [1.82, 2.24) is 0 Å². The molecule has 0 aromatic heterocycles. The average Bonchev–Trinajstić information content (AvgIpc) is 3.30. The van der Waals surface area contributed by atoms with E-state index in [0.29, 0.717) is 11.8 Å². The molecule has 0 bridgehead atoms. The van der Waals surface area contributed by atoms with Crippen molar-refractivity contribution in [1.29, 1.82) is 0 Å². The Hall–Kier alpha value is -2.08. The Kier molecular flexibility index (Phi) is 6.27. The quantitative estimate of drug-likeness (QED) is 0.431. The van der Waals surface area contributed by atoms with Crippen molar-refractivity contribution in [2.24, 2.45) is 5.92 Å². The van der Waals surface area contributed by atoms with Crippen molar-refractivity contribution >= 4 is 0 Å². The summed E-state index contributed by atoms with van der Waals surface area (Å²) < 4.78 is 0. The smallest absolute Gasteiger partial charge is 0.0102 e. The molecule has 1 atom stereocenters. The molecule has 0 fully saturated rings. The standard InChI is InChI=1S/C32H42/c1-8-9-10-22-11-12-23(19-22)13-16-28-29-20-24(31(2,3)4)14-17-26(29)27-18-15-25(21-30(27)28)32(5,6)7/h11-12,14-15,17-21,23,28H,8-10,13,16H2,1-7H3. The van der Waals surface area contributed by atoms with Gasteiger partial charge in [-0.3, -0.25) is 0 Å². The van der Waals surface area contributed by atoms with Crippen LogP contribution in [0.1, 0.15) is 109 Å². The van der Waals surface area contributed by atoms with Gasteiger partial charge in [0.15, 0.2) is 0 Å². The summed E-state index contributed by atoms with van der Waals surface area (Å²) in [4.78, 5) is 0. The van der Waals surface area contributed by atoms with Crippen LogP contribution in [0.4, 0.5) is 0 Å². The zero-order valence-electron chi connectivity index (χ0n) is 21.4. The number of allylic oxidation sites excluding steroid dienone is 4. The Labute approximate surface area is 196 Å². The highest BCUT2D eigenvalue weighted by Gasteiger charge is 2.31. The molecule has 2 aromatic rings. The van der Waals surface area contributed by atoms with E-state index < -0.39 is 0 Å². The molecule has 0 amide bonds. The van der Waals surface area contributed by atoms with Crippen LogP contribution in [-0.4, -0.2) is 0 Å². The summed E-state index contributed by atoms with van der Waals surface area (Å²) in [7, 11) is 0. The predicted octanol–water partition coefficient (Wildman–Crippen LogP) is 9.48.